The van der Waals surface area contributed by atoms with E-state index in [0.29, 0.717) is 5.69 Å². The fourth-order valence-corrected chi connectivity index (χ4v) is 7.61. The summed E-state index contributed by atoms with van der Waals surface area (Å²) in [6.45, 7) is 2.13. The quantitative estimate of drug-likeness (QED) is 0.155. The molecule has 0 aliphatic carbocycles. The Balaban J connectivity index is 1.13. The standard InChI is InChI=1S/C53H36F2N2/c1-35-28-41(45-17-9-8-16-44(45)40-24-27-52(56-33-40)48-26-25-43(54)31-51(48)55)30-42(29-35)46-18-10-11-19-47(46)50-34-57-53(39-14-6-3-7-15-39)32-49(50)38-22-20-37(21-23-38)36-12-4-2-5-13-36/h2-34H,1H3. The van der Waals surface area contributed by atoms with Gasteiger partial charge in [-0.2, -0.15) is 0 Å². The van der Waals surface area contributed by atoms with Crippen molar-refractivity contribution in [2.45, 2.75) is 6.92 Å². The predicted octanol–water partition coefficient (Wildman–Crippen LogP) is 14.4. The van der Waals surface area contributed by atoms with Crippen LogP contribution >= 0.6 is 0 Å². The Morgan fingerprint density at radius 2 is 0.842 bits per heavy atom. The highest BCUT2D eigenvalue weighted by Crippen LogP contribution is 2.42. The van der Waals surface area contributed by atoms with Gasteiger partial charge in [0.05, 0.1) is 11.4 Å². The fourth-order valence-electron chi connectivity index (χ4n) is 7.61. The molecule has 7 aromatic carbocycles. The lowest BCUT2D eigenvalue weighted by Crippen LogP contribution is -1.94. The van der Waals surface area contributed by atoms with Gasteiger partial charge in [0.2, 0.25) is 0 Å². The highest BCUT2D eigenvalue weighted by atomic mass is 19.1. The molecule has 0 N–H and O–H groups in total. The SMILES string of the molecule is Cc1cc(-c2ccccc2-c2ccc(-c3ccc(F)cc3F)nc2)cc(-c2ccccc2-c2cnc(-c3ccccc3)cc2-c2ccc(-c3ccccc3)cc2)c1. The van der Waals surface area contributed by atoms with Gasteiger partial charge in [-0.1, -0.05) is 152 Å². The third-order valence-electron chi connectivity index (χ3n) is 10.4. The van der Waals surface area contributed by atoms with E-state index in [1.807, 2.05) is 48.7 Å². The van der Waals surface area contributed by atoms with Crippen molar-refractivity contribution < 1.29 is 8.78 Å². The maximum absolute atomic E-state index is 14.6. The van der Waals surface area contributed by atoms with E-state index in [1.54, 1.807) is 12.3 Å². The van der Waals surface area contributed by atoms with Gasteiger partial charge >= 0.3 is 0 Å². The predicted molar refractivity (Wildman–Crippen MR) is 230 cm³/mol. The van der Waals surface area contributed by atoms with Gasteiger partial charge in [-0.15, -0.1) is 0 Å². The highest BCUT2D eigenvalue weighted by molar-refractivity contribution is 5.94. The molecule has 9 aromatic rings. The minimum atomic E-state index is -0.640. The van der Waals surface area contributed by atoms with Crippen molar-refractivity contribution in [1.82, 2.24) is 9.97 Å². The van der Waals surface area contributed by atoms with E-state index < -0.39 is 11.6 Å². The normalized spacial score (nSPS) is 11.1. The number of hydrogen-bond acceptors (Lipinski definition) is 2. The van der Waals surface area contributed by atoms with Crippen LogP contribution in [0.15, 0.2) is 200 Å². The van der Waals surface area contributed by atoms with E-state index in [9.17, 15) is 8.78 Å². The molecule has 0 amide bonds. The molecular weight excluding hydrogens is 703 g/mol. The summed E-state index contributed by atoms with van der Waals surface area (Å²) < 4.78 is 28.2. The van der Waals surface area contributed by atoms with Crippen molar-refractivity contribution >= 4 is 0 Å². The summed E-state index contributed by atoms with van der Waals surface area (Å²) in [7, 11) is 0. The number of nitrogens with zero attached hydrogens (tertiary/aromatic N) is 2. The molecule has 0 fully saturated rings. The fraction of sp³-hybridized carbons (Fsp3) is 0.0189. The van der Waals surface area contributed by atoms with E-state index in [1.165, 1.54) is 23.3 Å². The molecule has 0 saturated carbocycles. The lowest BCUT2D eigenvalue weighted by Gasteiger charge is -2.18. The Kier molecular flexibility index (Phi) is 9.59. The van der Waals surface area contributed by atoms with Gasteiger partial charge in [0.15, 0.2) is 0 Å². The first-order chi connectivity index (χ1) is 28.0. The monoisotopic (exact) mass is 738 g/mol. The van der Waals surface area contributed by atoms with Gasteiger partial charge in [0.25, 0.3) is 0 Å². The van der Waals surface area contributed by atoms with Gasteiger partial charge < -0.3 is 0 Å². The number of halogens is 2. The molecule has 4 heteroatoms. The van der Waals surface area contributed by atoms with Crippen LogP contribution in [0.5, 0.6) is 0 Å². The number of benzene rings is 7. The topological polar surface area (TPSA) is 25.8 Å². The van der Waals surface area contributed by atoms with Crippen LogP contribution in [0.3, 0.4) is 0 Å². The summed E-state index contributed by atoms with van der Waals surface area (Å²) >= 11 is 0. The molecule has 0 bridgehead atoms. The second kappa shape index (κ2) is 15.4. The van der Waals surface area contributed by atoms with Crippen molar-refractivity contribution in [3.05, 3.63) is 218 Å². The smallest absolute Gasteiger partial charge is 0.135 e. The maximum atomic E-state index is 14.6. The molecular formula is C53H36F2N2. The average Bonchev–Trinajstić information content (AvgIpc) is 3.27. The highest BCUT2D eigenvalue weighted by Gasteiger charge is 2.17. The van der Waals surface area contributed by atoms with Crippen LogP contribution < -0.4 is 0 Å². The summed E-state index contributed by atoms with van der Waals surface area (Å²) in [5, 5.41) is 0. The molecule has 0 radical (unpaired) electrons. The number of hydrogen-bond donors (Lipinski definition) is 0. The zero-order valence-corrected chi connectivity index (χ0v) is 31.2. The molecule has 0 unspecified atom stereocenters. The second-order valence-electron chi connectivity index (χ2n) is 14.2. The van der Waals surface area contributed by atoms with Crippen LogP contribution in [0.4, 0.5) is 8.78 Å². The Morgan fingerprint density at radius 1 is 0.316 bits per heavy atom. The second-order valence-corrected chi connectivity index (χ2v) is 14.2. The molecule has 57 heavy (non-hydrogen) atoms. The molecule has 9 rings (SSSR count). The third-order valence-corrected chi connectivity index (χ3v) is 10.4. The van der Waals surface area contributed by atoms with Crippen LogP contribution in [0.1, 0.15) is 5.56 Å². The lowest BCUT2D eigenvalue weighted by molar-refractivity contribution is 0.585. The van der Waals surface area contributed by atoms with Crippen LogP contribution in [0.25, 0.3) is 89.3 Å². The third kappa shape index (κ3) is 7.29. The van der Waals surface area contributed by atoms with E-state index in [0.717, 1.165) is 78.5 Å². The Morgan fingerprint density at radius 3 is 1.47 bits per heavy atom. The van der Waals surface area contributed by atoms with E-state index in [-0.39, 0.29) is 5.56 Å². The first-order valence-electron chi connectivity index (χ1n) is 18.9. The van der Waals surface area contributed by atoms with E-state index >= 15 is 0 Å². The molecule has 2 nitrogen and oxygen atoms in total. The van der Waals surface area contributed by atoms with Gasteiger partial charge in [-0.05, 0) is 98.5 Å². The summed E-state index contributed by atoms with van der Waals surface area (Å²) in [4.78, 5) is 9.62. The minimum absolute atomic E-state index is 0.260. The van der Waals surface area contributed by atoms with Crippen molar-refractivity contribution in [3.63, 3.8) is 0 Å². The summed E-state index contributed by atoms with van der Waals surface area (Å²) in [5.74, 6) is -1.26. The van der Waals surface area contributed by atoms with Crippen molar-refractivity contribution in [2.24, 2.45) is 0 Å². The van der Waals surface area contributed by atoms with Gasteiger partial charge in [-0.25, -0.2) is 8.78 Å². The largest absolute Gasteiger partial charge is 0.256 e. The van der Waals surface area contributed by atoms with E-state index in [2.05, 4.69) is 133 Å². The van der Waals surface area contributed by atoms with Crippen LogP contribution in [0, 0.1) is 18.6 Å². The van der Waals surface area contributed by atoms with Gasteiger partial charge in [0, 0.05) is 40.7 Å². The number of aryl methyl sites for hydroxylation is 1. The molecule has 0 atom stereocenters. The zero-order chi connectivity index (χ0) is 38.7. The first kappa shape index (κ1) is 35.4. The molecule has 0 saturated heterocycles. The van der Waals surface area contributed by atoms with Crippen molar-refractivity contribution in [3.8, 4) is 89.3 Å². The molecule has 272 valence electrons. The molecule has 0 spiro atoms. The maximum Gasteiger partial charge on any atom is 0.135 e. The summed E-state index contributed by atoms with van der Waals surface area (Å²) in [5.41, 5.74) is 16.7. The first-order valence-corrected chi connectivity index (χ1v) is 18.9. The zero-order valence-electron chi connectivity index (χ0n) is 31.2. The summed E-state index contributed by atoms with van der Waals surface area (Å²) in [6.07, 6.45) is 3.77. The Bertz CT molecular complexity index is 2850. The number of rotatable bonds is 8. The van der Waals surface area contributed by atoms with Crippen LogP contribution in [0.2, 0.25) is 0 Å². The van der Waals surface area contributed by atoms with Gasteiger partial charge in [0.1, 0.15) is 11.6 Å². The summed E-state index contributed by atoms with van der Waals surface area (Å²) in [6, 6.07) is 62.5. The van der Waals surface area contributed by atoms with Crippen molar-refractivity contribution in [2.75, 3.05) is 0 Å². The molecule has 2 aromatic heterocycles. The van der Waals surface area contributed by atoms with E-state index in [4.69, 9.17) is 4.98 Å². The average molecular weight is 739 g/mol. The van der Waals surface area contributed by atoms with Gasteiger partial charge in [-0.3, -0.25) is 9.97 Å². The molecule has 0 aliphatic heterocycles. The number of aromatic nitrogens is 2. The number of pyridine rings is 2. The lowest BCUT2D eigenvalue weighted by atomic mass is 9.87. The Hall–Kier alpha value is -7.30. The molecule has 0 aliphatic rings. The minimum Gasteiger partial charge on any atom is -0.256 e. The molecule has 2 heterocycles. The Labute approximate surface area is 331 Å². The van der Waals surface area contributed by atoms with Crippen LogP contribution in [-0.2, 0) is 0 Å². The van der Waals surface area contributed by atoms with Crippen molar-refractivity contribution in [1.29, 1.82) is 0 Å². The van der Waals surface area contributed by atoms with Crippen LogP contribution in [-0.4, -0.2) is 9.97 Å².